The summed E-state index contributed by atoms with van der Waals surface area (Å²) in [6.07, 6.45) is 0.247. The first-order chi connectivity index (χ1) is 13.4. The normalized spacial score (nSPS) is 11.5. The Morgan fingerprint density at radius 1 is 1.14 bits per heavy atom. The highest BCUT2D eigenvalue weighted by Gasteiger charge is 2.32. The van der Waals surface area contributed by atoms with Crippen LogP contribution in [0.5, 0.6) is 0 Å². The van der Waals surface area contributed by atoms with Gasteiger partial charge in [0.15, 0.2) is 5.52 Å². The number of carbonyl (C=O) groups is 1. The zero-order valence-corrected chi connectivity index (χ0v) is 14.3. The number of carbonyl (C=O) groups excluding carboxylic acids is 1. The van der Waals surface area contributed by atoms with Gasteiger partial charge in [0.2, 0.25) is 5.69 Å². The van der Waals surface area contributed by atoms with Crippen molar-refractivity contribution in [2.75, 3.05) is 5.32 Å². The largest absolute Gasteiger partial charge is 0.416 e. The number of benzene rings is 1. The summed E-state index contributed by atoms with van der Waals surface area (Å²) in [6, 6.07) is 11.7. The van der Waals surface area contributed by atoms with Crippen molar-refractivity contribution in [1.29, 1.82) is 0 Å². The third kappa shape index (κ3) is 3.29. The molecular weight excluding hydrogens is 371 g/mol. The van der Waals surface area contributed by atoms with E-state index in [1.165, 1.54) is 12.4 Å². The van der Waals surface area contributed by atoms with Crippen molar-refractivity contribution >= 4 is 17.2 Å². The molecular formula is C19H14F3N5O+2. The molecule has 0 spiro atoms. The number of H-pyrrole nitrogens is 2. The highest BCUT2D eigenvalue weighted by Crippen LogP contribution is 2.31. The number of nitrogens with zero attached hydrogens (tertiary/aromatic N) is 2. The van der Waals surface area contributed by atoms with Crippen LogP contribution in [0.15, 0.2) is 67.3 Å². The van der Waals surface area contributed by atoms with E-state index in [-0.39, 0.29) is 5.69 Å². The van der Waals surface area contributed by atoms with Gasteiger partial charge < -0.3 is 0 Å². The van der Waals surface area contributed by atoms with Crippen molar-refractivity contribution in [3.63, 3.8) is 0 Å². The van der Waals surface area contributed by atoms with Gasteiger partial charge in [-0.25, -0.2) is 4.98 Å². The molecule has 4 aromatic rings. The second-order valence-electron chi connectivity index (χ2n) is 5.98. The molecule has 3 heterocycles. The molecule has 9 heteroatoms. The van der Waals surface area contributed by atoms with E-state index in [2.05, 4.69) is 20.3 Å². The zero-order valence-electron chi connectivity index (χ0n) is 14.3. The van der Waals surface area contributed by atoms with Gasteiger partial charge in [-0.1, -0.05) is 12.1 Å². The van der Waals surface area contributed by atoms with Gasteiger partial charge in [0, 0.05) is 6.07 Å². The first kappa shape index (κ1) is 17.7. The summed E-state index contributed by atoms with van der Waals surface area (Å²) in [6.45, 7) is 0. The number of alkyl halides is 3. The fourth-order valence-electron chi connectivity index (χ4n) is 2.88. The van der Waals surface area contributed by atoms with Crippen LogP contribution in [0.2, 0.25) is 0 Å². The summed E-state index contributed by atoms with van der Waals surface area (Å²) in [7, 11) is 0. The summed E-state index contributed by atoms with van der Waals surface area (Å²) >= 11 is 0. The first-order valence-electron chi connectivity index (χ1n) is 8.27. The SMILES string of the molecule is O=C(Nc1cc[nH+]cn1)c1[nH]c(-c2cccc(C(F)(F)F)c2)[n+]2ccccc12. The Morgan fingerprint density at radius 2 is 2.00 bits per heavy atom. The van der Waals surface area contributed by atoms with E-state index < -0.39 is 17.6 Å². The van der Waals surface area contributed by atoms with Crippen LogP contribution in [0.4, 0.5) is 19.0 Å². The van der Waals surface area contributed by atoms with Crippen molar-refractivity contribution < 1.29 is 27.4 Å². The van der Waals surface area contributed by atoms with Gasteiger partial charge >= 0.3 is 12.1 Å². The van der Waals surface area contributed by atoms with E-state index in [9.17, 15) is 18.0 Å². The molecule has 3 N–H and O–H groups in total. The third-order valence-electron chi connectivity index (χ3n) is 4.15. The Labute approximate surface area is 156 Å². The van der Waals surface area contributed by atoms with Crippen molar-refractivity contribution in [1.82, 2.24) is 9.97 Å². The Bertz CT molecular complexity index is 1160. The molecule has 0 radical (unpaired) electrons. The lowest BCUT2D eigenvalue weighted by molar-refractivity contribution is -0.498. The molecule has 0 saturated heterocycles. The molecule has 3 aromatic heterocycles. The third-order valence-corrected chi connectivity index (χ3v) is 4.15. The maximum Gasteiger partial charge on any atom is 0.416 e. The van der Waals surface area contributed by atoms with Gasteiger partial charge in [-0.15, -0.1) is 0 Å². The van der Waals surface area contributed by atoms with Crippen LogP contribution in [0.1, 0.15) is 16.1 Å². The lowest BCUT2D eigenvalue weighted by Crippen LogP contribution is -2.22. The topological polar surface area (TPSA) is 76.0 Å². The lowest BCUT2D eigenvalue weighted by Gasteiger charge is -2.06. The van der Waals surface area contributed by atoms with Crippen LogP contribution < -0.4 is 14.7 Å². The maximum atomic E-state index is 13.1. The number of hydrogen-bond acceptors (Lipinski definition) is 2. The Balaban J connectivity index is 1.80. The molecule has 140 valence electrons. The molecule has 0 saturated carbocycles. The van der Waals surface area contributed by atoms with Crippen molar-refractivity contribution in [3.8, 4) is 11.4 Å². The molecule has 28 heavy (non-hydrogen) atoms. The van der Waals surface area contributed by atoms with Crippen LogP contribution in [0.25, 0.3) is 16.9 Å². The molecule has 0 aliphatic heterocycles. The number of halogens is 3. The average molecular weight is 385 g/mol. The number of anilines is 1. The minimum absolute atomic E-state index is 0.211. The van der Waals surface area contributed by atoms with E-state index in [1.807, 2.05) is 0 Å². The fourth-order valence-corrected chi connectivity index (χ4v) is 2.88. The van der Waals surface area contributed by atoms with Crippen molar-refractivity contribution in [2.24, 2.45) is 0 Å². The molecule has 0 fully saturated rings. The van der Waals surface area contributed by atoms with Crippen LogP contribution in [-0.4, -0.2) is 15.9 Å². The first-order valence-corrected chi connectivity index (χ1v) is 8.27. The number of aromatic nitrogens is 4. The molecule has 1 amide bonds. The van der Waals surface area contributed by atoms with E-state index in [0.29, 0.717) is 22.7 Å². The van der Waals surface area contributed by atoms with Gasteiger partial charge in [-0.05, 0) is 35.3 Å². The highest BCUT2D eigenvalue weighted by molar-refractivity contribution is 6.06. The van der Waals surface area contributed by atoms with Gasteiger partial charge in [0.05, 0.1) is 23.5 Å². The predicted molar refractivity (Wildman–Crippen MR) is 93.1 cm³/mol. The standard InChI is InChI=1S/C19H12F3N5O/c20-19(21,22)13-5-3-4-12(10-13)17-26-16(14-6-1-2-9-27(14)17)18(28)25-15-7-8-23-11-24-15/h1-11H,(H,23,24,25,28)/p+2. The summed E-state index contributed by atoms with van der Waals surface area (Å²) in [5, 5.41) is 2.66. The number of aromatic amines is 2. The van der Waals surface area contributed by atoms with Crippen LogP contribution >= 0.6 is 0 Å². The minimum Gasteiger partial charge on any atom is -0.282 e. The highest BCUT2D eigenvalue weighted by atomic mass is 19.4. The second-order valence-corrected chi connectivity index (χ2v) is 5.98. The fraction of sp³-hybridized carbons (Fsp3) is 0.0526. The molecule has 1 aromatic carbocycles. The van der Waals surface area contributed by atoms with Gasteiger partial charge in [-0.3, -0.25) is 15.1 Å². The molecule has 0 unspecified atom stereocenters. The van der Waals surface area contributed by atoms with Gasteiger partial charge in [0.1, 0.15) is 0 Å². The number of pyridine rings is 1. The Hall–Kier alpha value is -3.75. The number of nitrogens with one attached hydrogen (secondary N) is 3. The van der Waals surface area contributed by atoms with Crippen molar-refractivity contribution in [3.05, 3.63) is 78.5 Å². The number of hydrogen-bond donors (Lipinski definition) is 2. The van der Waals surface area contributed by atoms with E-state index in [0.717, 1.165) is 12.1 Å². The zero-order chi connectivity index (χ0) is 19.7. The van der Waals surface area contributed by atoms with E-state index in [1.54, 1.807) is 47.1 Å². The van der Waals surface area contributed by atoms with Crippen LogP contribution in [0.3, 0.4) is 0 Å². The summed E-state index contributed by atoms with van der Waals surface area (Å²) in [5.41, 5.74) is 0.278. The lowest BCUT2D eigenvalue weighted by atomic mass is 10.1. The average Bonchev–Trinajstić information content (AvgIpc) is 3.08. The molecule has 0 aliphatic rings. The van der Waals surface area contributed by atoms with Crippen LogP contribution in [-0.2, 0) is 6.18 Å². The summed E-state index contributed by atoms with van der Waals surface area (Å²) < 4.78 is 40.9. The number of amides is 1. The molecule has 4 rings (SSSR count). The molecule has 0 bridgehead atoms. The van der Waals surface area contributed by atoms with E-state index >= 15 is 0 Å². The predicted octanol–water partition coefficient (Wildman–Crippen LogP) is 2.90. The quantitative estimate of drug-likeness (QED) is 0.532. The van der Waals surface area contributed by atoms with Crippen molar-refractivity contribution in [2.45, 2.75) is 6.18 Å². The second kappa shape index (κ2) is 6.76. The minimum atomic E-state index is -4.46. The maximum absolute atomic E-state index is 13.1. The molecule has 6 nitrogen and oxygen atoms in total. The number of fused-ring (bicyclic) bond motifs is 1. The monoisotopic (exact) mass is 385 g/mol. The smallest absolute Gasteiger partial charge is 0.282 e. The van der Waals surface area contributed by atoms with Crippen LogP contribution in [0, 0.1) is 0 Å². The Kier molecular flexibility index (Phi) is 4.26. The molecule has 0 aliphatic carbocycles. The number of imidazole rings is 1. The van der Waals surface area contributed by atoms with E-state index in [4.69, 9.17) is 0 Å². The summed E-state index contributed by atoms with van der Waals surface area (Å²) in [5.74, 6) is 0.245. The number of rotatable bonds is 3. The molecule has 0 atom stereocenters. The summed E-state index contributed by atoms with van der Waals surface area (Å²) in [4.78, 5) is 22.4. The van der Waals surface area contributed by atoms with Gasteiger partial charge in [0.25, 0.3) is 18.0 Å². The Morgan fingerprint density at radius 3 is 2.75 bits per heavy atom. The van der Waals surface area contributed by atoms with Gasteiger partial charge in [-0.2, -0.15) is 17.6 Å².